The lowest BCUT2D eigenvalue weighted by Crippen LogP contribution is -2.19. The minimum absolute atomic E-state index is 0.214. The van der Waals surface area contributed by atoms with Crippen molar-refractivity contribution in [1.29, 1.82) is 0 Å². The van der Waals surface area contributed by atoms with Gasteiger partial charge in [-0.2, -0.15) is 0 Å². The SMILES string of the molecule is O=C1NC(=Nc2ccc(Cl)cc2)S/C1=C/c1ccc(Cl)cc1Cl. The Hall–Kier alpha value is -1.46. The van der Waals surface area contributed by atoms with Crippen LogP contribution in [-0.4, -0.2) is 11.1 Å². The standard InChI is InChI=1S/C16H9Cl3N2OS/c17-10-3-5-12(6-4-10)20-16-21-15(22)14(23-16)7-9-1-2-11(18)8-13(9)19/h1-8H,(H,20,21,22)/b14-7+. The summed E-state index contributed by atoms with van der Waals surface area (Å²) in [6, 6.07) is 12.2. The summed E-state index contributed by atoms with van der Waals surface area (Å²) in [4.78, 5) is 16.9. The first-order valence-corrected chi connectivity index (χ1v) is 8.46. The van der Waals surface area contributed by atoms with Crippen molar-refractivity contribution in [2.24, 2.45) is 4.99 Å². The predicted octanol–water partition coefficient (Wildman–Crippen LogP) is 5.54. The van der Waals surface area contributed by atoms with Crippen LogP contribution in [0.4, 0.5) is 5.69 Å². The molecule has 0 aromatic heterocycles. The van der Waals surface area contributed by atoms with Crippen LogP contribution in [0.15, 0.2) is 52.4 Å². The van der Waals surface area contributed by atoms with Gasteiger partial charge in [-0.25, -0.2) is 4.99 Å². The van der Waals surface area contributed by atoms with Gasteiger partial charge in [0.1, 0.15) is 0 Å². The number of aliphatic imine (C=N–C) groups is 1. The number of halogens is 3. The fourth-order valence-electron chi connectivity index (χ4n) is 1.87. The fourth-order valence-corrected chi connectivity index (χ4v) is 3.29. The van der Waals surface area contributed by atoms with Crippen molar-refractivity contribution < 1.29 is 4.79 Å². The number of carbonyl (C=O) groups excluding carboxylic acids is 1. The molecule has 1 amide bonds. The summed E-state index contributed by atoms with van der Waals surface area (Å²) in [6.45, 7) is 0. The maximum Gasteiger partial charge on any atom is 0.264 e. The van der Waals surface area contributed by atoms with Crippen molar-refractivity contribution in [3.63, 3.8) is 0 Å². The van der Waals surface area contributed by atoms with Crippen molar-refractivity contribution in [1.82, 2.24) is 5.32 Å². The first kappa shape index (κ1) is 16.4. The number of nitrogens with zero attached hydrogens (tertiary/aromatic N) is 1. The molecule has 0 unspecified atom stereocenters. The van der Waals surface area contributed by atoms with Gasteiger partial charge in [0.2, 0.25) is 0 Å². The highest BCUT2D eigenvalue weighted by Crippen LogP contribution is 2.31. The zero-order valence-corrected chi connectivity index (χ0v) is 14.6. The van der Waals surface area contributed by atoms with Crippen LogP contribution < -0.4 is 5.32 Å². The predicted molar refractivity (Wildman–Crippen MR) is 98.7 cm³/mol. The molecule has 116 valence electrons. The highest BCUT2D eigenvalue weighted by atomic mass is 35.5. The maximum absolute atomic E-state index is 12.0. The molecule has 1 fully saturated rings. The summed E-state index contributed by atoms with van der Waals surface area (Å²) in [6.07, 6.45) is 1.71. The monoisotopic (exact) mass is 382 g/mol. The zero-order chi connectivity index (χ0) is 16.4. The Morgan fingerprint density at radius 2 is 1.70 bits per heavy atom. The summed E-state index contributed by atoms with van der Waals surface area (Å²) in [5.41, 5.74) is 1.43. The van der Waals surface area contributed by atoms with Gasteiger partial charge in [-0.05, 0) is 59.8 Å². The molecule has 0 bridgehead atoms. The van der Waals surface area contributed by atoms with Crippen LogP contribution in [0, 0.1) is 0 Å². The molecule has 1 heterocycles. The molecular weight excluding hydrogens is 375 g/mol. The van der Waals surface area contributed by atoms with E-state index in [-0.39, 0.29) is 5.91 Å². The molecule has 23 heavy (non-hydrogen) atoms. The lowest BCUT2D eigenvalue weighted by atomic mass is 10.2. The molecule has 2 aromatic rings. The highest BCUT2D eigenvalue weighted by Gasteiger charge is 2.24. The van der Waals surface area contributed by atoms with Crippen molar-refractivity contribution in [3.8, 4) is 0 Å². The molecule has 0 spiro atoms. The third kappa shape index (κ3) is 4.09. The molecule has 0 saturated carbocycles. The van der Waals surface area contributed by atoms with E-state index < -0.39 is 0 Å². The minimum atomic E-state index is -0.214. The largest absolute Gasteiger partial charge is 0.300 e. The number of hydrogen-bond donors (Lipinski definition) is 1. The average Bonchev–Trinajstić information content (AvgIpc) is 2.84. The van der Waals surface area contributed by atoms with E-state index in [4.69, 9.17) is 34.8 Å². The van der Waals surface area contributed by atoms with Crippen molar-refractivity contribution in [2.45, 2.75) is 0 Å². The number of rotatable bonds is 2. The van der Waals surface area contributed by atoms with Gasteiger partial charge in [0.25, 0.3) is 5.91 Å². The molecule has 1 saturated heterocycles. The molecule has 1 aliphatic rings. The third-order valence-corrected chi connectivity index (χ3v) is 4.68. The first-order chi connectivity index (χ1) is 11.0. The lowest BCUT2D eigenvalue weighted by Gasteiger charge is -1.99. The second-order valence-electron chi connectivity index (χ2n) is 4.62. The van der Waals surface area contributed by atoms with Crippen LogP contribution in [0.1, 0.15) is 5.56 Å². The third-order valence-electron chi connectivity index (χ3n) is 2.96. The van der Waals surface area contributed by atoms with Gasteiger partial charge in [0.05, 0.1) is 10.6 Å². The number of hydrogen-bond acceptors (Lipinski definition) is 3. The number of amides is 1. The van der Waals surface area contributed by atoms with Gasteiger partial charge in [-0.1, -0.05) is 40.9 Å². The number of nitrogens with one attached hydrogen (secondary N) is 1. The van der Waals surface area contributed by atoms with Gasteiger partial charge in [-0.3, -0.25) is 4.79 Å². The molecule has 0 aliphatic carbocycles. The summed E-state index contributed by atoms with van der Waals surface area (Å²) < 4.78 is 0. The Balaban J connectivity index is 1.84. The van der Waals surface area contributed by atoms with Crippen LogP contribution in [0.5, 0.6) is 0 Å². The Labute approximate surface area is 152 Å². The van der Waals surface area contributed by atoms with Crippen molar-refractivity contribution in [2.75, 3.05) is 0 Å². The summed E-state index contributed by atoms with van der Waals surface area (Å²) in [7, 11) is 0. The smallest absolute Gasteiger partial charge is 0.264 e. The zero-order valence-electron chi connectivity index (χ0n) is 11.5. The minimum Gasteiger partial charge on any atom is -0.300 e. The van der Waals surface area contributed by atoms with Crippen LogP contribution in [0.25, 0.3) is 6.08 Å². The molecule has 0 radical (unpaired) electrons. The Bertz CT molecular complexity index is 832. The van der Waals surface area contributed by atoms with E-state index in [2.05, 4.69) is 10.3 Å². The molecular formula is C16H9Cl3N2OS. The van der Waals surface area contributed by atoms with Crippen LogP contribution in [-0.2, 0) is 4.79 Å². The summed E-state index contributed by atoms with van der Waals surface area (Å²) in [5.74, 6) is -0.214. The van der Waals surface area contributed by atoms with Crippen LogP contribution in [0.2, 0.25) is 15.1 Å². The average molecular weight is 384 g/mol. The lowest BCUT2D eigenvalue weighted by molar-refractivity contribution is -0.115. The summed E-state index contributed by atoms with van der Waals surface area (Å²) in [5, 5.41) is 4.90. The van der Waals surface area contributed by atoms with E-state index in [0.717, 1.165) is 5.56 Å². The van der Waals surface area contributed by atoms with Gasteiger partial charge >= 0.3 is 0 Å². The van der Waals surface area contributed by atoms with Gasteiger partial charge < -0.3 is 5.32 Å². The van der Waals surface area contributed by atoms with Gasteiger partial charge in [0, 0.05) is 15.1 Å². The van der Waals surface area contributed by atoms with E-state index in [9.17, 15) is 4.79 Å². The van der Waals surface area contributed by atoms with E-state index >= 15 is 0 Å². The molecule has 1 aliphatic heterocycles. The van der Waals surface area contributed by atoms with E-state index in [1.54, 1.807) is 48.5 Å². The molecule has 2 aromatic carbocycles. The van der Waals surface area contributed by atoms with Gasteiger partial charge in [-0.15, -0.1) is 0 Å². The Kier molecular flexibility index (Phi) is 4.97. The topological polar surface area (TPSA) is 41.5 Å². The highest BCUT2D eigenvalue weighted by molar-refractivity contribution is 8.18. The van der Waals surface area contributed by atoms with E-state index in [1.807, 2.05) is 0 Å². The van der Waals surface area contributed by atoms with Crippen LogP contribution >= 0.6 is 46.6 Å². The summed E-state index contributed by atoms with van der Waals surface area (Å²) >= 11 is 19.1. The van der Waals surface area contributed by atoms with E-state index in [1.165, 1.54) is 11.8 Å². The fraction of sp³-hybridized carbons (Fsp3) is 0. The second kappa shape index (κ2) is 6.97. The number of benzene rings is 2. The number of amidine groups is 1. The quantitative estimate of drug-likeness (QED) is 0.692. The molecule has 1 N–H and O–H groups in total. The van der Waals surface area contributed by atoms with Crippen molar-refractivity contribution in [3.05, 3.63) is 68.0 Å². The maximum atomic E-state index is 12.0. The van der Waals surface area contributed by atoms with Crippen LogP contribution in [0.3, 0.4) is 0 Å². The number of thioether (sulfide) groups is 1. The van der Waals surface area contributed by atoms with Gasteiger partial charge in [0.15, 0.2) is 5.17 Å². The second-order valence-corrected chi connectivity index (χ2v) is 6.93. The number of carbonyl (C=O) groups is 1. The molecule has 3 nitrogen and oxygen atoms in total. The Morgan fingerprint density at radius 3 is 2.39 bits per heavy atom. The normalized spacial score (nSPS) is 17.8. The molecule has 7 heteroatoms. The Morgan fingerprint density at radius 1 is 1.00 bits per heavy atom. The molecule has 3 rings (SSSR count). The molecule has 0 atom stereocenters. The van der Waals surface area contributed by atoms with Crippen molar-refractivity contribution >= 4 is 69.4 Å². The first-order valence-electron chi connectivity index (χ1n) is 6.51. The van der Waals surface area contributed by atoms with E-state index in [0.29, 0.717) is 30.8 Å².